The van der Waals surface area contributed by atoms with Crippen molar-refractivity contribution in [2.24, 2.45) is 0 Å². The van der Waals surface area contributed by atoms with Crippen LogP contribution in [0.5, 0.6) is 0 Å². The van der Waals surface area contributed by atoms with E-state index in [4.69, 9.17) is 19.4 Å². The smallest absolute Gasteiger partial charge is 0.164 e. The highest BCUT2D eigenvalue weighted by molar-refractivity contribution is 6.15. The molecule has 0 radical (unpaired) electrons. The average Bonchev–Trinajstić information content (AvgIpc) is 3.55. The Morgan fingerprint density at radius 2 is 1.14 bits per heavy atom. The lowest BCUT2D eigenvalue weighted by Gasteiger charge is -2.21. The molecule has 8 aromatic rings. The van der Waals surface area contributed by atoms with E-state index in [2.05, 4.69) is 98.8 Å². The van der Waals surface area contributed by atoms with Crippen LogP contribution in [0.4, 0.5) is 0 Å². The molecule has 208 valence electrons. The summed E-state index contributed by atoms with van der Waals surface area (Å²) in [5.74, 6) is 1.91. The molecule has 1 aliphatic carbocycles. The Morgan fingerprint density at radius 3 is 1.98 bits per heavy atom. The fourth-order valence-corrected chi connectivity index (χ4v) is 6.90. The Bertz CT molecular complexity index is 2420. The van der Waals surface area contributed by atoms with Gasteiger partial charge in [0, 0.05) is 32.9 Å². The van der Waals surface area contributed by atoms with Gasteiger partial charge in [0.2, 0.25) is 0 Å². The molecule has 0 saturated carbocycles. The van der Waals surface area contributed by atoms with Crippen molar-refractivity contribution in [1.29, 1.82) is 0 Å². The standard InChI is InChI=1S/C40H27N3O/c1-40(2)32-17-9-8-15-28(32)30-22-27(19-20-33(30)40)38-41-37(24-11-4-3-5-12-24)42-39(43-38)29-16-10-18-34-36(29)31-21-25-13-6-7-14-26(25)23-35(31)44-34/h3-23H,1-2H3. The van der Waals surface area contributed by atoms with E-state index in [0.29, 0.717) is 17.5 Å². The number of rotatable bonds is 3. The molecule has 0 unspecified atom stereocenters. The van der Waals surface area contributed by atoms with E-state index in [1.807, 2.05) is 42.5 Å². The molecular formula is C40H27N3O. The summed E-state index contributed by atoms with van der Waals surface area (Å²) < 4.78 is 6.38. The lowest BCUT2D eigenvalue weighted by molar-refractivity contribution is 0.660. The molecule has 44 heavy (non-hydrogen) atoms. The third kappa shape index (κ3) is 3.67. The zero-order valence-corrected chi connectivity index (χ0v) is 24.4. The summed E-state index contributed by atoms with van der Waals surface area (Å²) in [5.41, 5.74) is 9.61. The van der Waals surface area contributed by atoms with Gasteiger partial charge < -0.3 is 4.42 Å². The second-order valence-corrected chi connectivity index (χ2v) is 12.1. The summed E-state index contributed by atoms with van der Waals surface area (Å²) in [4.78, 5) is 15.3. The quantitative estimate of drug-likeness (QED) is 0.214. The molecule has 0 bridgehead atoms. The summed E-state index contributed by atoms with van der Waals surface area (Å²) in [6, 6.07) is 44.3. The Labute approximate surface area is 254 Å². The molecule has 0 fully saturated rings. The largest absolute Gasteiger partial charge is 0.456 e. The van der Waals surface area contributed by atoms with Gasteiger partial charge in [0.15, 0.2) is 17.5 Å². The second kappa shape index (κ2) is 9.19. The molecule has 0 saturated heterocycles. The maximum Gasteiger partial charge on any atom is 0.164 e. The highest BCUT2D eigenvalue weighted by Gasteiger charge is 2.35. The van der Waals surface area contributed by atoms with Crippen LogP contribution in [0.3, 0.4) is 0 Å². The predicted octanol–water partition coefficient (Wildman–Crippen LogP) is 10.2. The Balaban J connectivity index is 1.29. The molecule has 0 spiro atoms. The lowest BCUT2D eigenvalue weighted by Crippen LogP contribution is -2.14. The van der Waals surface area contributed by atoms with Gasteiger partial charge in [0.25, 0.3) is 0 Å². The van der Waals surface area contributed by atoms with Crippen LogP contribution in [-0.2, 0) is 5.41 Å². The zero-order valence-electron chi connectivity index (χ0n) is 24.4. The van der Waals surface area contributed by atoms with E-state index in [9.17, 15) is 0 Å². The van der Waals surface area contributed by atoms with E-state index in [-0.39, 0.29) is 5.41 Å². The molecule has 6 aromatic carbocycles. The first-order valence-electron chi connectivity index (χ1n) is 15.0. The van der Waals surface area contributed by atoms with Crippen molar-refractivity contribution in [3.8, 4) is 45.3 Å². The van der Waals surface area contributed by atoms with Crippen molar-refractivity contribution < 1.29 is 4.42 Å². The molecule has 0 aliphatic heterocycles. The number of nitrogens with zero attached hydrogens (tertiary/aromatic N) is 3. The summed E-state index contributed by atoms with van der Waals surface area (Å²) in [6.45, 7) is 4.59. The van der Waals surface area contributed by atoms with Crippen molar-refractivity contribution >= 4 is 32.7 Å². The van der Waals surface area contributed by atoms with Crippen molar-refractivity contribution in [3.05, 3.63) is 139 Å². The molecule has 4 nitrogen and oxygen atoms in total. The van der Waals surface area contributed by atoms with Crippen molar-refractivity contribution in [3.63, 3.8) is 0 Å². The lowest BCUT2D eigenvalue weighted by atomic mass is 9.82. The highest BCUT2D eigenvalue weighted by atomic mass is 16.3. The number of hydrogen-bond acceptors (Lipinski definition) is 4. The van der Waals surface area contributed by atoms with Gasteiger partial charge in [-0.1, -0.05) is 117 Å². The summed E-state index contributed by atoms with van der Waals surface area (Å²) in [6.07, 6.45) is 0. The molecule has 4 heteroatoms. The second-order valence-electron chi connectivity index (χ2n) is 12.1. The van der Waals surface area contributed by atoms with Crippen LogP contribution in [0.1, 0.15) is 25.0 Å². The molecule has 0 atom stereocenters. The minimum atomic E-state index is -0.0634. The fraction of sp³-hybridized carbons (Fsp3) is 0.0750. The number of hydrogen-bond donors (Lipinski definition) is 0. The molecule has 2 heterocycles. The van der Waals surface area contributed by atoms with Crippen LogP contribution in [0.15, 0.2) is 132 Å². The first-order valence-corrected chi connectivity index (χ1v) is 15.0. The summed E-state index contributed by atoms with van der Waals surface area (Å²) in [5, 5.41) is 4.37. The van der Waals surface area contributed by atoms with E-state index in [1.54, 1.807) is 0 Å². The predicted molar refractivity (Wildman–Crippen MR) is 178 cm³/mol. The molecular weight excluding hydrogens is 538 g/mol. The summed E-state index contributed by atoms with van der Waals surface area (Å²) in [7, 11) is 0. The molecule has 2 aromatic heterocycles. The van der Waals surface area contributed by atoms with E-state index < -0.39 is 0 Å². The number of benzene rings is 6. The van der Waals surface area contributed by atoms with Gasteiger partial charge in [0.05, 0.1) is 0 Å². The Morgan fingerprint density at radius 1 is 0.477 bits per heavy atom. The van der Waals surface area contributed by atoms with Crippen LogP contribution in [0, 0.1) is 0 Å². The third-order valence-electron chi connectivity index (χ3n) is 9.11. The Hall–Kier alpha value is -5.61. The summed E-state index contributed by atoms with van der Waals surface area (Å²) >= 11 is 0. The van der Waals surface area contributed by atoms with Crippen molar-refractivity contribution in [2.45, 2.75) is 19.3 Å². The third-order valence-corrected chi connectivity index (χ3v) is 9.11. The van der Waals surface area contributed by atoms with E-state index >= 15 is 0 Å². The van der Waals surface area contributed by atoms with Crippen LogP contribution < -0.4 is 0 Å². The van der Waals surface area contributed by atoms with Gasteiger partial charge in [-0.2, -0.15) is 0 Å². The SMILES string of the molecule is CC1(C)c2ccccc2-c2cc(-c3nc(-c4ccccc4)nc(-c4cccc5oc6cc7ccccc7cc6c45)n3)ccc21. The minimum Gasteiger partial charge on any atom is -0.456 e. The maximum atomic E-state index is 6.38. The van der Waals surface area contributed by atoms with Crippen LogP contribution in [0.2, 0.25) is 0 Å². The molecule has 0 amide bonds. The van der Waals surface area contributed by atoms with Crippen molar-refractivity contribution in [1.82, 2.24) is 15.0 Å². The average molecular weight is 566 g/mol. The van der Waals surface area contributed by atoms with Crippen LogP contribution >= 0.6 is 0 Å². The molecule has 1 aliphatic rings. The van der Waals surface area contributed by atoms with Crippen molar-refractivity contribution in [2.75, 3.05) is 0 Å². The monoisotopic (exact) mass is 565 g/mol. The Kier molecular flexibility index (Phi) is 5.21. The first kappa shape index (κ1) is 24.9. The van der Waals surface area contributed by atoms with E-state index in [1.165, 1.54) is 27.6 Å². The van der Waals surface area contributed by atoms with Gasteiger partial charge in [-0.25, -0.2) is 15.0 Å². The molecule has 0 N–H and O–H groups in total. The number of aromatic nitrogens is 3. The fourth-order valence-electron chi connectivity index (χ4n) is 6.90. The van der Waals surface area contributed by atoms with Crippen LogP contribution in [-0.4, -0.2) is 15.0 Å². The highest BCUT2D eigenvalue weighted by Crippen LogP contribution is 2.49. The van der Waals surface area contributed by atoms with Gasteiger partial charge in [0.1, 0.15) is 11.2 Å². The number of furan rings is 1. The minimum absolute atomic E-state index is 0.0634. The van der Waals surface area contributed by atoms with Gasteiger partial charge in [-0.15, -0.1) is 0 Å². The van der Waals surface area contributed by atoms with Gasteiger partial charge in [-0.05, 0) is 57.3 Å². The maximum absolute atomic E-state index is 6.38. The first-order chi connectivity index (χ1) is 21.5. The number of fused-ring (bicyclic) bond motifs is 7. The molecule has 9 rings (SSSR count). The van der Waals surface area contributed by atoms with Gasteiger partial charge >= 0.3 is 0 Å². The van der Waals surface area contributed by atoms with Crippen LogP contribution in [0.25, 0.3) is 78.0 Å². The normalized spacial score (nSPS) is 13.4. The zero-order chi connectivity index (χ0) is 29.4. The topological polar surface area (TPSA) is 51.8 Å². The van der Waals surface area contributed by atoms with Gasteiger partial charge in [-0.3, -0.25) is 0 Å². The van der Waals surface area contributed by atoms with E-state index in [0.717, 1.165) is 44.0 Å².